The van der Waals surface area contributed by atoms with Crippen LogP contribution in [0.4, 0.5) is 5.13 Å². The van der Waals surface area contributed by atoms with E-state index in [0.717, 1.165) is 40.7 Å². The van der Waals surface area contributed by atoms with Crippen molar-refractivity contribution in [3.05, 3.63) is 53.1 Å². The Bertz CT molecular complexity index is 971. The number of hydrogen-bond acceptors (Lipinski definition) is 5. The van der Waals surface area contributed by atoms with E-state index in [2.05, 4.69) is 75.9 Å². The largest absolute Gasteiger partial charge is 0.302 e. The summed E-state index contributed by atoms with van der Waals surface area (Å²) in [6.07, 6.45) is 0.505. The molecule has 1 heterocycles. The number of nitrogens with zero attached hydrogens (tertiary/aromatic N) is 3. The molecule has 0 bridgehead atoms. The van der Waals surface area contributed by atoms with E-state index in [9.17, 15) is 4.79 Å². The molecule has 6 heteroatoms. The van der Waals surface area contributed by atoms with Crippen LogP contribution in [-0.4, -0.2) is 47.7 Å². The number of fused-ring (bicyclic) bond motifs is 1. The Labute approximate surface area is 194 Å². The molecule has 1 amide bonds. The summed E-state index contributed by atoms with van der Waals surface area (Å²) in [7, 11) is 0. The maximum absolute atomic E-state index is 13.2. The molecule has 0 aliphatic heterocycles. The van der Waals surface area contributed by atoms with Crippen molar-refractivity contribution in [3.8, 4) is 0 Å². The summed E-state index contributed by atoms with van der Waals surface area (Å²) in [5.41, 5.74) is 4.74. The molecule has 0 N–H and O–H groups in total. The van der Waals surface area contributed by atoms with Crippen molar-refractivity contribution >= 4 is 44.4 Å². The van der Waals surface area contributed by atoms with Gasteiger partial charge in [-0.05, 0) is 69.3 Å². The van der Waals surface area contributed by atoms with Gasteiger partial charge in [0.25, 0.3) is 0 Å². The first-order valence-electron chi connectivity index (χ1n) is 11.0. The number of aryl methyl sites for hydroxylation is 3. The molecule has 0 unspecified atom stereocenters. The number of rotatable bonds is 10. The van der Waals surface area contributed by atoms with Gasteiger partial charge in [-0.2, -0.15) is 0 Å². The highest BCUT2D eigenvalue weighted by atomic mass is 32.2. The van der Waals surface area contributed by atoms with E-state index in [0.29, 0.717) is 13.0 Å². The quantitative estimate of drug-likeness (QED) is 0.347. The lowest BCUT2D eigenvalue weighted by molar-refractivity contribution is -0.118. The zero-order chi connectivity index (χ0) is 22.4. The molecular formula is C25H33N3OS2. The van der Waals surface area contributed by atoms with Gasteiger partial charge in [-0.3, -0.25) is 9.69 Å². The van der Waals surface area contributed by atoms with Gasteiger partial charge in [-0.1, -0.05) is 42.9 Å². The minimum atomic E-state index is 0.152. The van der Waals surface area contributed by atoms with Crippen LogP contribution >= 0.6 is 23.1 Å². The van der Waals surface area contributed by atoms with Crippen molar-refractivity contribution in [1.29, 1.82) is 0 Å². The highest BCUT2D eigenvalue weighted by Crippen LogP contribution is 2.31. The highest BCUT2D eigenvalue weighted by molar-refractivity contribution is 7.99. The van der Waals surface area contributed by atoms with Crippen molar-refractivity contribution in [2.24, 2.45) is 0 Å². The van der Waals surface area contributed by atoms with E-state index in [1.54, 1.807) is 23.1 Å². The molecule has 31 heavy (non-hydrogen) atoms. The van der Waals surface area contributed by atoms with Crippen LogP contribution in [0.1, 0.15) is 37.0 Å². The summed E-state index contributed by atoms with van der Waals surface area (Å²) in [6.45, 7) is 14.2. The molecule has 0 aliphatic rings. The van der Waals surface area contributed by atoms with Crippen molar-refractivity contribution in [3.63, 3.8) is 0 Å². The lowest BCUT2D eigenvalue weighted by Crippen LogP contribution is -2.39. The Balaban J connectivity index is 1.75. The summed E-state index contributed by atoms with van der Waals surface area (Å²) in [5.74, 6) is 0.923. The predicted octanol–water partition coefficient (Wildman–Crippen LogP) is 6.08. The molecule has 0 saturated heterocycles. The Hall–Kier alpha value is -1.89. The molecule has 1 aromatic heterocycles. The number of thiazole rings is 1. The van der Waals surface area contributed by atoms with Gasteiger partial charge in [-0.15, -0.1) is 11.8 Å². The van der Waals surface area contributed by atoms with Gasteiger partial charge in [0.2, 0.25) is 5.91 Å². The summed E-state index contributed by atoms with van der Waals surface area (Å²) >= 11 is 3.36. The van der Waals surface area contributed by atoms with E-state index < -0.39 is 0 Å². The number of carbonyl (C=O) groups is 1. The number of amides is 1. The van der Waals surface area contributed by atoms with Gasteiger partial charge < -0.3 is 4.90 Å². The normalized spacial score (nSPS) is 11.4. The fourth-order valence-corrected chi connectivity index (χ4v) is 5.35. The van der Waals surface area contributed by atoms with Crippen LogP contribution in [0.3, 0.4) is 0 Å². The third-order valence-corrected chi connectivity index (χ3v) is 7.72. The minimum absolute atomic E-state index is 0.152. The van der Waals surface area contributed by atoms with Crippen molar-refractivity contribution in [2.45, 2.75) is 45.9 Å². The van der Waals surface area contributed by atoms with Crippen molar-refractivity contribution in [2.75, 3.05) is 36.8 Å². The SMILES string of the molecule is CCN(CC)CCN(C(=O)CCSc1ccc(C)cc1)c1nc2cc(C)c(C)cc2s1. The van der Waals surface area contributed by atoms with E-state index in [1.807, 2.05) is 4.90 Å². The average molecular weight is 456 g/mol. The number of aromatic nitrogens is 1. The Morgan fingerprint density at radius 2 is 1.68 bits per heavy atom. The van der Waals surface area contributed by atoms with Gasteiger partial charge >= 0.3 is 0 Å². The second kappa shape index (κ2) is 11.1. The Kier molecular flexibility index (Phi) is 8.52. The van der Waals surface area contributed by atoms with E-state index in [1.165, 1.54) is 21.6 Å². The molecule has 3 rings (SSSR count). The molecule has 0 spiro atoms. The number of benzene rings is 2. The number of hydrogen-bond donors (Lipinski definition) is 0. The van der Waals surface area contributed by atoms with Crippen LogP contribution in [0.5, 0.6) is 0 Å². The third-order valence-electron chi connectivity index (χ3n) is 5.66. The summed E-state index contributed by atoms with van der Waals surface area (Å²) in [6, 6.07) is 12.8. The summed E-state index contributed by atoms with van der Waals surface area (Å²) in [5, 5.41) is 0.817. The standard InChI is InChI=1S/C25H33N3OS2/c1-6-27(7-2)13-14-28(24(29)12-15-30-21-10-8-18(3)9-11-21)25-26-22-16-19(4)20(5)17-23(22)31-25/h8-11,16-17H,6-7,12-15H2,1-5H3. The molecule has 0 atom stereocenters. The second-order valence-corrected chi connectivity index (χ2v) is 10.1. The number of likely N-dealkylation sites (N-methyl/N-ethyl adjacent to an activating group) is 1. The predicted molar refractivity (Wildman–Crippen MR) is 136 cm³/mol. The van der Waals surface area contributed by atoms with Gasteiger partial charge in [0.05, 0.1) is 10.2 Å². The van der Waals surface area contributed by atoms with Crippen LogP contribution in [0.2, 0.25) is 0 Å². The monoisotopic (exact) mass is 455 g/mol. The fourth-order valence-electron chi connectivity index (χ4n) is 3.42. The maximum atomic E-state index is 13.2. The molecule has 3 aromatic rings. The number of thioether (sulfide) groups is 1. The summed E-state index contributed by atoms with van der Waals surface area (Å²) < 4.78 is 1.15. The van der Waals surface area contributed by atoms with E-state index in [-0.39, 0.29) is 5.91 Å². The number of carbonyl (C=O) groups excluding carboxylic acids is 1. The highest BCUT2D eigenvalue weighted by Gasteiger charge is 2.20. The minimum Gasteiger partial charge on any atom is -0.302 e. The first-order valence-corrected chi connectivity index (χ1v) is 12.8. The Morgan fingerprint density at radius 3 is 2.35 bits per heavy atom. The molecule has 2 aromatic carbocycles. The molecule has 0 saturated carbocycles. The molecular weight excluding hydrogens is 422 g/mol. The van der Waals surface area contributed by atoms with Crippen LogP contribution in [0.25, 0.3) is 10.2 Å². The van der Waals surface area contributed by atoms with Gasteiger partial charge in [-0.25, -0.2) is 4.98 Å². The molecule has 0 radical (unpaired) electrons. The maximum Gasteiger partial charge on any atom is 0.229 e. The first-order chi connectivity index (χ1) is 14.9. The molecule has 0 aliphatic carbocycles. The smallest absolute Gasteiger partial charge is 0.229 e. The first kappa shape index (κ1) is 23.8. The van der Waals surface area contributed by atoms with E-state index in [4.69, 9.17) is 4.98 Å². The zero-order valence-corrected chi connectivity index (χ0v) is 20.9. The van der Waals surface area contributed by atoms with Crippen LogP contribution in [0.15, 0.2) is 41.3 Å². The zero-order valence-electron chi connectivity index (χ0n) is 19.3. The van der Waals surface area contributed by atoms with Crippen LogP contribution in [0, 0.1) is 20.8 Å². The lowest BCUT2D eigenvalue weighted by Gasteiger charge is -2.24. The lowest BCUT2D eigenvalue weighted by atomic mass is 10.1. The molecule has 0 fully saturated rings. The molecule has 166 valence electrons. The van der Waals surface area contributed by atoms with E-state index >= 15 is 0 Å². The molecule has 4 nitrogen and oxygen atoms in total. The van der Waals surface area contributed by atoms with Crippen molar-refractivity contribution < 1.29 is 4.79 Å². The topological polar surface area (TPSA) is 36.4 Å². The second-order valence-electron chi connectivity index (χ2n) is 7.88. The average Bonchev–Trinajstić information content (AvgIpc) is 3.15. The van der Waals surface area contributed by atoms with Gasteiger partial charge in [0.15, 0.2) is 5.13 Å². The number of anilines is 1. The fraction of sp³-hybridized carbons (Fsp3) is 0.440. The van der Waals surface area contributed by atoms with Gasteiger partial charge in [0, 0.05) is 30.2 Å². The van der Waals surface area contributed by atoms with Gasteiger partial charge in [0.1, 0.15) is 0 Å². The van der Waals surface area contributed by atoms with Crippen LogP contribution < -0.4 is 4.90 Å². The summed E-state index contributed by atoms with van der Waals surface area (Å²) in [4.78, 5) is 23.6. The van der Waals surface area contributed by atoms with Crippen LogP contribution in [-0.2, 0) is 4.79 Å². The Morgan fingerprint density at radius 1 is 1.00 bits per heavy atom. The third kappa shape index (κ3) is 6.31. The van der Waals surface area contributed by atoms with Crippen molar-refractivity contribution in [1.82, 2.24) is 9.88 Å².